The number of aliphatic imine (C=N–C) groups is 1. The average Bonchev–Trinajstić information content (AvgIpc) is 2.99. The first-order chi connectivity index (χ1) is 13.3. The Bertz CT molecular complexity index is 635. The fraction of sp³-hybridized carbons (Fsp3) is 0.409. The number of aliphatic hydroxyl groups excluding tert-OH is 1. The molecule has 2 rings (SSSR count). The Morgan fingerprint density at radius 3 is 2.47 bits per heavy atom. The lowest BCUT2D eigenvalue weighted by molar-refractivity contribution is 0.0444. The van der Waals surface area contributed by atoms with Crippen LogP contribution in [0.2, 0.25) is 0 Å². The van der Waals surface area contributed by atoms with E-state index in [0.29, 0.717) is 13.2 Å². The van der Waals surface area contributed by atoms with Gasteiger partial charge < -0.3 is 10.8 Å². The number of hydrogen-bond acceptors (Lipinski definition) is 6. The highest BCUT2D eigenvalue weighted by Gasteiger charge is 2.12. The lowest BCUT2D eigenvalue weighted by atomic mass is 10.0. The maximum atomic E-state index is 7.99. The van der Waals surface area contributed by atoms with E-state index in [-0.39, 0.29) is 46.1 Å². The molecule has 0 radical (unpaired) electrons. The Balaban J connectivity index is -0.000000819. The number of benzene rings is 1. The van der Waals surface area contributed by atoms with Crippen LogP contribution in [0.15, 0.2) is 71.3 Å². The predicted octanol–water partition coefficient (Wildman–Crippen LogP) is 3.11. The SMILES string of the molecule is C.CNOCC(/N=C(\C1=CC=CCC=C1)c1ccccc1)NC.Cl.NCCCO.S. The van der Waals surface area contributed by atoms with Crippen LogP contribution in [-0.2, 0) is 4.84 Å². The summed E-state index contributed by atoms with van der Waals surface area (Å²) in [7, 11) is 3.63. The number of halogens is 1. The molecule has 0 bridgehead atoms. The second-order valence-electron chi connectivity index (χ2n) is 5.72. The smallest absolute Gasteiger partial charge is 0.126 e. The van der Waals surface area contributed by atoms with E-state index in [1.165, 1.54) is 0 Å². The molecule has 5 N–H and O–H groups in total. The molecule has 30 heavy (non-hydrogen) atoms. The summed E-state index contributed by atoms with van der Waals surface area (Å²) in [4.78, 5) is 10.1. The third-order valence-corrected chi connectivity index (χ3v) is 3.67. The molecule has 0 spiro atoms. The van der Waals surface area contributed by atoms with E-state index in [1.807, 2.05) is 25.2 Å². The minimum Gasteiger partial charge on any atom is -0.396 e. The standard InChI is InChI=1S/C18H23N3O.C3H9NO.CH4.ClH.H2S/c1-19-17(14-22-20-2)21-18(16-12-8-5-9-13-16)15-10-6-3-4-7-11-15;4-2-1-3-5;;;/h3,5-13,17,19-20H,4,14H2,1-2H3;5H,1-4H2;1H4;1H;1H2/b21-18+;;;;. The lowest BCUT2D eigenvalue weighted by Crippen LogP contribution is -2.32. The molecule has 0 saturated heterocycles. The molecule has 8 heteroatoms. The van der Waals surface area contributed by atoms with Crippen molar-refractivity contribution in [1.29, 1.82) is 0 Å². The summed E-state index contributed by atoms with van der Waals surface area (Å²) < 4.78 is 0. The largest absolute Gasteiger partial charge is 0.396 e. The molecule has 1 aromatic carbocycles. The Kier molecular flexibility index (Phi) is 24.6. The summed E-state index contributed by atoms with van der Waals surface area (Å²) in [6.07, 6.45) is 12.1. The van der Waals surface area contributed by atoms with Gasteiger partial charge in [0.25, 0.3) is 0 Å². The van der Waals surface area contributed by atoms with Gasteiger partial charge in [-0.1, -0.05) is 68.1 Å². The van der Waals surface area contributed by atoms with Gasteiger partial charge in [0.1, 0.15) is 12.8 Å². The molecule has 0 fully saturated rings. The van der Waals surface area contributed by atoms with Crippen molar-refractivity contribution in [3.63, 3.8) is 0 Å². The average molecular weight is 459 g/mol. The van der Waals surface area contributed by atoms with E-state index in [4.69, 9.17) is 20.7 Å². The normalized spacial score (nSPS) is 13.3. The number of rotatable bonds is 9. The van der Waals surface area contributed by atoms with Crippen LogP contribution in [0.5, 0.6) is 0 Å². The second-order valence-corrected chi connectivity index (χ2v) is 5.72. The van der Waals surface area contributed by atoms with Gasteiger partial charge >= 0.3 is 0 Å². The molecule has 1 aliphatic rings. The fourth-order valence-corrected chi connectivity index (χ4v) is 2.24. The van der Waals surface area contributed by atoms with Crippen LogP contribution < -0.4 is 16.5 Å². The third-order valence-electron chi connectivity index (χ3n) is 3.67. The molecule has 0 amide bonds. The van der Waals surface area contributed by atoms with Gasteiger partial charge in [-0.15, -0.1) is 12.4 Å². The Labute approximate surface area is 195 Å². The van der Waals surface area contributed by atoms with Crippen LogP contribution in [-0.4, -0.2) is 50.8 Å². The van der Waals surface area contributed by atoms with E-state index in [0.717, 1.165) is 29.7 Å². The number of hydrogen-bond donors (Lipinski definition) is 4. The van der Waals surface area contributed by atoms with Crippen molar-refractivity contribution in [2.24, 2.45) is 10.7 Å². The number of aliphatic hydroxyl groups is 1. The zero-order valence-corrected chi connectivity index (χ0v) is 19.0. The van der Waals surface area contributed by atoms with E-state index in [1.54, 1.807) is 7.05 Å². The number of allylic oxidation sites excluding steroid dienone is 6. The quantitative estimate of drug-likeness (QED) is 0.337. The topological polar surface area (TPSA) is 91.9 Å². The first kappa shape index (κ1) is 33.2. The van der Waals surface area contributed by atoms with Gasteiger partial charge in [-0.05, 0) is 26.4 Å². The first-order valence-corrected chi connectivity index (χ1v) is 9.20. The zero-order chi connectivity index (χ0) is 19.7. The minimum absolute atomic E-state index is 0. The Hall–Kier alpha value is -1.45. The van der Waals surface area contributed by atoms with Crippen molar-refractivity contribution in [3.8, 4) is 0 Å². The number of nitrogens with one attached hydrogen (secondary N) is 2. The van der Waals surface area contributed by atoms with Crippen LogP contribution in [0.3, 0.4) is 0 Å². The van der Waals surface area contributed by atoms with Crippen LogP contribution >= 0.6 is 25.9 Å². The summed E-state index contributed by atoms with van der Waals surface area (Å²) in [6.45, 7) is 1.27. The number of nitrogens with zero attached hydrogens (tertiary/aromatic N) is 1. The molecule has 1 aliphatic carbocycles. The van der Waals surface area contributed by atoms with Crippen molar-refractivity contribution in [1.82, 2.24) is 10.8 Å². The maximum absolute atomic E-state index is 7.99. The van der Waals surface area contributed by atoms with Crippen LogP contribution in [0.1, 0.15) is 25.8 Å². The van der Waals surface area contributed by atoms with Gasteiger partial charge in [-0.3, -0.25) is 15.1 Å². The van der Waals surface area contributed by atoms with Crippen LogP contribution in [0.25, 0.3) is 0 Å². The summed E-state index contributed by atoms with van der Waals surface area (Å²) in [6, 6.07) is 10.2. The third kappa shape index (κ3) is 13.7. The van der Waals surface area contributed by atoms with Crippen molar-refractivity contribution in [3.05, 3.63) is 71.8 Å². The van der Waals surface area contributed by atoms with E-state index < -0.39 is 0 Å². The van der Waals surface area contributed by atoms with E-state index in [2.05, 4.69) is 53.3 Å². The predicted molar refractivity (Wildman–Crippen MR) is 137 cm³/mol. The highest BCUT2D eigenvalue weighted by atomic mass is 35.5. The number of nitrogens with two attached hydrogens (primary N) is 1. The molecular formula is C22H39ClN4O2S. The van der Waals surface area contributed by atoms with Gasteiger partial charge in [0, 0.05) is 24.8 Å². The van der Waals surface area contributed by atoms with E-state index in [9.17, 15) is 0 Å². The summed E-state index contributed by atoms with van der Waals surface area (Å²) in [5.74, 6) is 0. The second kappa shape index (κ2) is 22.2. The zero-order valence-electron chi connectivity index (χ0n) is 17.2. The lowest BCUT2D eigenvalue weighted by Gasteiger charge is -2.15. The number of hydroxylamine groups is 1. The molecule has 1 aromatic rings. The van der Waals surface area contributed by atoms with Gasteiger partial charge in [0.15, 0.2) is 0 Å². The van der Waals surface area contributed by atoms with Gasteiger partial charge in [0.2, 0.25) is 0 Å². The summed E-state index contributed by atoms with van der Waals surface area (Å²) in [5, 5.41) is 11.2. The van der Waals surface area contributed by atoms with E-state index >= 15 is 0 Å². The fourth-order valence-electron chi connectivity index (χ4n) is 2.24. The van der Waals surface area contributed by atoms with Crippen molar-refractivity contribution >= 4 is 31.6 Å². The van der Waals surface area contributed by atoms with Gasteiger partial charge in [-0.25, -0.2) is 5.48 Å². The molecule has 0 aromatic heterocycles. The maximum Gasteiger partial charge on any atom is 0.126 e. The minimum atomic E-state index is -0.121. The molecule has 0 aliphatic heterocycles. The molecule has 6 nitrogen and oxygen atoms in total. The van der Waals surface area contributed by atoms with Crippen LogP contribution in [0.4, 0.5) is 0 Å². The van der Waals surface area contributed by atoms with Crippen molar-refractivity contribution < 1.29 is 9.94 Å². The highest BCUT2D eigenvalue weighted by Crippen LogP contribution is 2.15. The Morgan fingerprint density at radius 1 is 1.23 bits per heavy atom. The Morgan fingerprint density at radius 2 is 1.93 bits per heavy atom. The van der Waals surface area contributed by atoms with Gasteiger partial charge in [0.05, 0.1) is 5.71 Å². The van der Waals surface area contributed by atoms with Gasteiger partial charge in [-0.2, -0.15) is 13.5 Å². The molecule has 0 heterocycles. The molecule has 172 valence electrons. The molecule has 1 atom stereocenters. The van der Waals surface area contributed by atoms with Crippen molar-refractivity contribution in [2.75, 3.05) is 33.9 Å². The first-order valence-electron chi connectivity index (χ1n) is 9.20. The molecular weight excluding hydrogens is 420 g/mol. The van der Waals surface area contributed by atoms with Crippen molar-refractivity contribution in [2.45, 2.75) is 26.4 Å². The highest BCUT2D eigenvalue weighted by molar-refractivity contribution is 7.59. The van der Waals surface area contributed by atoms with Crippen LogP contribution in [0, 0.1) is 0 Å². The summed E-state index contributed by atoms with van der Waals surface area (Å²) >= 11 is 0. The molecule has 0 saturated carbocycles. The number of likely N-dealkylation sites (N-methyl/N-ethyl adjacent to an activating group) is 1. The molecule has 1 unspecified atom stereocenters. The monoisotopic (exact) mass is 458 g/mol. The summed E-state index contributed by atoms with van der Waals surface area (Å²) in [5.41, 5.74) is 10.8.